The Labute approximate surface area is 114 Å². The van der Waals surface area contributed by atoms with Gasteiger partial charge in [0, 0.05) is 5.02 Å². The van der Waals surface area contributed by atoms with Crippen molar-refractivity contribution in [1.29, 1.82) is 0 Å². The Bertz CT molecular complexity index is 573. The lowest BCUT2D eigenvalue weighted by atomic mass is 9.93. The summed E-state index contributed by atoms with van der Waals surface area (Å²) in [6.07, 6.45) is 0. The average molecular weight is 260 g/mol. The Morgan fingerprint density at radius 3 is 2.39 bits per heavy atom. The van der Waals surface area contributed by atoms with Crippen LogP contribution in [0.3, 0.4) is 0 Å². The molecule has 0 saturated carbocycles. The molecule has 0 aromatic heterocycles. The molecular formula is C16H18ClN. The summed E-state index contributed by atoms with van der Waals surface area (Å²) in [5, 5.41) is 0.769. The lowest BCUT2D eigenvalue weighted by Crippen LogP contribution is -2.14. The van der Waals surface area contributed by atoms with Crippen LogP contribution < -0.4 is 5.73 Å². The summed E-state index contributed by atoms with van der Waals surface area (Å²) in [6.45, 7) is 6.16. The molecule has 0 bridgehead atoms. The Balaban J connectivity index is 2.51. The van der Waals surface area contributed by atoms with E-state index in [0.717, 1.165) is 21.7 Å². The first-order valence-corrected chi connectivity index (χ1v) is 6.46. The van der Waals surface area contributed by atoms with Crippen LogP contribution >= 0.6 is 11.6 Å². The van der Waals surface area contributed by atoms with Gasteiger partial charge in [0.25, 0.3) is 0 Å². The molecule has 2 aromatic rings. The maximum absolute atomic E-state index is 6.37. The first kappa shape index (κ1) is 13.1. The van der Waals surface area contributed by atoms with Crippen LogP contribution in [0.4, 0.5) is 0 Å². The molecule has 0 heterocycles. The second-order valence-electron chi connectivity index (χ2n) is 4.82. The highest BCUT2D eigenvalue weighted by Gasteiger charge is 2.15. The van der Waals surface area contributed by atoms with Crippen molar-refractivity contribution in [2.75, 3.05) is 0 Å². The van der Waals surface area contributed by atoms with E-state index in [1.165, 1.54) is 11.1 Å². The maximum Gasteiger partial charge on any atom is 0.0569 e. The topological polar surface area (TPSA) is 26.0 Å². The van der Waals surface area contributed by atoms with Crippen LogP contribution in [0.25, 0.3) is 0 Å². The average Bonchev–Trinajstić information content (AvgIpc) is 2.35. The molecule has 18 heavy (non-hydrogen) atoms. The molecule has 0 aliphatic carbocycles. The molecule has 0 amide bonds. The predicted octanol–water partition coefficient (Wildman–Crippen LogP) is 4.31. The molecule has 0 aliphatic rings. The third-order valence-electron chi connectivity index (χ3n) is 3.33. The monoisotopic (exact) mass is 259 g/mol. The molecule has 0 fully saturated rings. The largest absolute Gasteiger partial charge is 0.320 e. The van der Waals surface area contributed by atoms with E-state index in [2.05, 4.69) is 32.0 Å². The molecule has 0 radical (unpaired) electrons. The van der Waals surface area contributed by atoms with E-state index < -0.39 is 0 Å². The van der Waals surface area contributed by atoms with Gasteiger partial charge in [-0.05, 0) is 43.0 Å². The fourth-order valence-corrected chi connectivity index (χ4v) is 2.42. The fraction of sp³-hybridized carbons (Fsp3) is 0.250. The minimum absolute atomic E-state index is 0.169. The zero-order valence-corrected chi connectivity index (χ0v) is 11.8. The molecule has 0 aliphatic heterocycles. The second-order valence-corrected chi connectivity index (χ2v) is 5.19. The Morgan fingerprint density at radius 2 is 1.67 bits per heavy atom. The molecule has 1 unspecified atom stereocenters. The van der Waals surface area contributed by atoms with E-state index in [4.69, 9.17) is 17.3 Å². The van der Waals surface area contributed by atoms with Gasteiger partial charge in [0.05, 0.1) is 6.04 Å². The molecule has 1 atom stereocenters. The summed E-state index contributed by atoms with van der Waals surface area (Å²) in [5.74, 6) is 0. The maximum atomic E-state index is 6.37. The zero-order chi connectivity index (χ0) is 13.3. The quantitative estimate of drug-likeness (QED) is 0.854. The number of aryl methyl sites for hydroxylation is 3. The molecule has 2 heteroatoms. The molecule has 94 valence electrons. The van der Waals surface area contributed by atoms with E-state index in [9.17, 15) is 0 Å². The molecule has 0 saturated heterocycles. The molecule has 2 rings (SSSR count). The minimum Gasteiger partial charge on any atom is -0.320 e. The van der Waals surface area contributed by atoms with E-state index in [1.54, 1.807) is 0 Å². The van der Waals surface area contributed by atoms with Gasteiger partial charge in [-0.15, -0.1) is 0 Å². The van der Waals surface area contributed by atoms with Crippen LogP contribution in [-0.2, 0) is 0 Å². The number of halogens is 1. The SMILES string of the molecule is Cc1ccc(C)c(C(N)c2cccc(C)c2Cl)c1. The van der Waals surface area contributed by atoms with Crippen molar-refractivity contribution in [2.24, 2.45) is 5.73 Å². The van der Waals surface area contributed by atoms with Gasteiger partial charge in [-0.25, -0.2) is 0 Å². The van der Waals surface area contributed by atoms with Gasteiger partial charge in [0.2, 0.25) is 0 Å². The van der Waals surface area contributed by atoms with Crippen LogP contribution in [0, 0.1) is 20.8 Å². The molecular weight excluding hydrogens is 242 g/mol. The summed E-state index contributed by atoms with van der Waals surface area (Å²) >= 11 is 6.35. The molecule has 0 spiro atoms. The lowest BCUT2D eigenvalue weighted by molar-refractivity contribution is 0.858. The van der Waals surface area contributed by atoms with Crippen molar-refractivity contribution in [3.05, 3.63) is 69.2 Å². The normalized spacial score (nSPS) is 12.5. The number of nitrogens with two attached hydrogens (primary N) is 1. The number of hydrogen-bond acceptors (Lipinski definition) is 1. The number of hydrogen-bond donors (Lipinski definition) is 1. The molecule has 2 aromatic carbocycles. The van der Waals surface area contributed by atoms with Crippen molar-refractivity contribution in [1.82, 2.24) is 0 Å². The second kappa shape index (κ2) is 5.13. The van der Waals surface area contributed by atoms with Gasteiger partial charge < -0.3 is 5.73 Å². The third kappa shape index (κ3) is 2.43. The van der Waals surface area contributed by atoms with Gasteiger partial charge in [-0.2, -0.15) is 0 Å². The van der Waals surface area contributed by atoms with Crippen molar-refractivity contribution < 1.29 is 0 Å². The first-order chi connectivity index (χ1) is 8.50. The van der Waals surface area contributed by atoms with E-state index in [0.29, 0.717) is 0 Å². The van der Waals surface area contributed by atoms with Crippen LogP contribution in [0.15, 0.2) is 36.4 Å². The summed E-state index contributed by atoms with van der Waals surface area (Å²) in [6, 6.07) is 12.2. The lowest BCUT2D eigenvalue weighted by Gasteiger charge is -2.18. The Morgan fingerprint density at radius 1 is 0.944 bits per heavy atom. The van der Waals surface area contributed by atoms with Crippen LogP contribution in [0.1, 0.15) is 33.9 Å². The van der Waals surface area contributed by atoms with E-state index in [-0.39, 0.29) is 6.04 Å². The van der Waals surface area contributed by atoms with E-state index in [1.807, 2.05) is 25.1 Å². The third-order valence-corrected chi connectivity index (χ3v) is 3.84. The van der Waals surface area contributed by atoms with Gasteiger partial charge in [0.15, 0.2) is 0 Å². The van der Waals surface area contributed by atoms with Gasteiger partial charge in [-0.3, -0.25) is 0 Å². The van der Waals surface area contributed by atoms with Gasteiger partial charge in [-0.1, -0.05) is 53.6 Å². The zero-order valence-electron chi connectivity index (χ0n) is 11.0. The first-order valence-electron chi connectivity index (χ1n) is 6.08. The Kier molecular flexibility index (Phi) is 3.74. The van der Waals surface area contributed by atoms with Crippen LogP contribution in [0.2, 0.25) is 5.02 Å². The summed E-state index contributed by atoms with van der Waals surface area (Å²) in [5.41, 5.74) is 12.0. The highest BCUT2D eigenvalue weighted by Crippen LogP contribution is 2.30. The standard InChI is InChI=1S/C16H18ClN/c1-10-7-8-11(2)14(9-10)16(18)13-6-4-5-12(3)15(13)17/h4-9,16H,18H2,1-3H3. The van der Waals surface area contributed by atoms with Crippen LogP contribution in [-0.4, -0.2) is 0 Å². The molecule has 1 nitrogen and oxygen atoms in total. The van der Waals surface area contributed by atoms with Crippen LogP contribution in [0.5, 0.6) is 0 Å². The van der Waals surface area contributed by atoms with E-state index >= 15 is 0 Å². The van der Waals surface area contributed by atoms with Gasteiger partial charge in [0.1, 0.15) is 0 Å². The fourth-order valence-electron chi connectivity index (χ4n) is 2.17. The van der Waals surface area contributed by atoms with Crippen molar-refractivity contribution in [3.63, 3.8) is 0 Å². The highest BCUT2D eigenvalue weighted by atomic mass is 35.5. The van der Waals surface area contributed by atoms with Crippen molar-refractivity contribution >= 4 is 11.6 Å². The number of rotatable bonds is 2. The minimum atomic E-state index is -0.169. The highest BCUT2D eigenvalue weighted by molar-refractivity contribution is 6.32. The summed E-state index contributed by atoms with van der Waals surface area (Å²) in [7, 11) is 0. The summed E-state index contributed by atoms with van der Waals surface area (Å²) in [4.78, 5) is 0. The Hall–Kier alpha value is -1.31. The van der Waals surface area contributed by atoms with Gasteiger partial charge >= 0.3 is 0 Å². The smallest absolute Gasteiger partial charge is 0.0569 e. The summed E-state index contributed by atoms with van der Waals surface area (Å²) < 4.78 is 0. The van der Waals surface area contributed by atoms with Crippen molar-refractivity contribution in [3.8, 4) is 0 Å². The molecule has 2 N–H and O–H groups in total. The predicted molar refractivity (Wildman–Crippen MR) is 78.1 cm³/mol. The van der Waals surface area contributed by atoms with Crippen molar-refractivity contribution in [2.45, 2.75) is 26.8 Å². The number of benzene rings is 2.